The molecular weight excluding hydrogens is 300 g/mol. The minimum absolute atomic E-state index is 0.105. The minimum atomic E-state index is -1.68. The second kappa shape index (κ2) is 5.16. The average Bonchev–Trinajstić information content (AvgIpc) is 2.95. The van der Waals surface area contributed by atoms with E-state index < -0.39 is 35.0 Å². The van der Waals surface area contributed by atoms with Crippen molar-refractivity contribution in [3.05, 3.63) is 39.7 Å². The largest absolute Gasteiger partial charge is 0.459 e. The molecule has 7 nitrogen and oxygen atoms in total. The Morgan fingerprint density at radius 3 is 2.95 bits per heavy atom. The molecule has 0 amide bonds. The minimum Gasteiger partial charge on any atom is -0.459 e. The molecule has 0 radical (unpaired) electrons. The summed E-state index contributed by atoms with van der Waals surface area (Å²) < 4.78 is 38.7. The predicted molar refractivity (Wildman–Crippen MR) is 71.5 cm³/mol. The first-order valence-corrected chi connectivity index (χ1v) is 6.58. The highest BCUT2D eigenvalue weighted by Gasteiger charge is 2.53. The maximum Gasteiger partial charge on any atom is 0.283 e. The van der Waals surface area contributed by atoms with E-state index in [9.17, 15) is 18.9 Å². The Morgan fingerprint density at radius 2 is 2.27 bits per heavy atom. The van der Waals surface area contributed by atoms with E-state index >= 15 is 0 Å². The van der Waals surface area contributed by atoms with Gasteiger partial charge in [-0.15, -0.1) is 0 Å². The van der Waals surface area contributed by atoms with Gasteiger partial charge in [-0.1, -0.05) is 0 Å². The summed E-state index contributed by atoms with van der Waals surface area (Å²) in [6.07, 6.45) is -0.563. The lowest BCUT2D eigenvalue weighted by atomic mass is 9.76. The summed E-state index contributed by atoms with van der Waals surface area (Å²) in [4.78, 5) is 14.2. The van der Waals surface area contributed by atoms with Crippen LogP contribution in [0.3, 0.4) is 0 Å². The summed E-state index contributed by atoms with van der Waals surface area (Å²) in [5, 5.41) is 10.9. The topological polar surface area (TPSA) is 100.0 Å². The van der Waals surface area contributed by atoms with Gasteiger partial charge in [0, 0.05) is 17.7 Å². The molecule has 1 fully saturated rings. The van der Waals surface area contributed by atoms with Crippen LogP contribution < -0.4 is 5.73 Å². The van der Waals surface area contributed by atoms with Crippen molar-refractivity contribution in [1.29, 1.82) is 0 Å². The van der Waals surface area contributed by atoms with Crippen molar-refractivity contribution < 1.29 is 23.2 Å². The fraction of sp³-hybridized carbons (Fsp3) is 0.462. The number of aliphatic imine (C=N–C) groups is 1. The van der Waals surface area contributed by atoms with E-state index in [4.69, 9.17) is 15.2 Å². The number of ether oxygens (including phenoxy) is 2. The van der Waals surface area contributed by atoms with Gasteiger partial charge in [0.2, 0.25) is 0 Å². The number of hydrogen-bond donors (Lipinski definition) is 1. The number of amidine groups is 1. The van der Waals surface area contributed by atoms with Crippen LogP contribution in [0.1, 0.15) is 5.56 Å². The molecule has 2 heterocycles. The number of halogens is 2. The van der Waals surface area contributed by atoms with E-state index in [-0.39, 0.29) is 30.5 Å². The zero-order valence-corrected chi connectivity index (χ0v) is 11.4. The Kier molecular flexibility index (Phi) is 3.44. The second-order valence-electron chi connectivity index (χ2n) is 5.23. The van der Waals surface area contributed by atoms with E-state index in [2.05, 4.69) is 4.99 Å². The highest BCUT2D eigenvalue weighted by molar-refractivity contribution is 5.73. The Morgan fingerprint density at radius 1 is 1.50 bits per heavy atom. The molecule has 118 valence electrons. The lowest BCUT2D eigenvalue weighted by Gasteiger charge is -2.39. The smallest absolute Gasteiger partial charge is 0.283 e. The molecule has 9 heteroatoms. The van der Waals surface area contributed by atoms with Crippen LogP contribution in [0.2, 0.25) is 0 Å². The van der Waals surface area contributed by atoms with Crippen molar-refractivity contribution >= 4 is 11.7 Å². The quantitative estimate of drug-likeness (QED) is 0.669. The van der Waals surface area contributed by atoms with E-state index in [1.54, 1.807) is 0 Å². The number of rotatable bonds is 3. The van der Waals surface area contributed by atoms with Gasteiger partial charge >= 0.3 is 0 Å². The summed E-state index contributed by atoms with van der Waals surface area (Å²) >= 11 is 0. The molecule has 0 spiro atoms. The Balaban J connectivity index is 2.19. The van der Waals surface area contributed by atoms with Crippen LogP contribution in [0.4, 0.5) is 14.5 Å². The first-order chi connectivity index (χ1) is 10.5. The summed E-state index contributed by atoms with van der Waals surface area (Å²) in [5.74, 6) is -1.39. The van der Waals surface area contributed by atoms with Crippen LogP contribution in [-0.2, 0) is 15.0 Å². The Bertz CT molecular complexity index is 654. The van der Waals surface area contributed by atoms with Gasteiger partial charge in [0.05, 0.1) is 24.1 Å². The van der Waals surface area contributed by atoms with Crippen molar-refractivity contribution in [2.24, 2.45) is 16.6 Å². The molecule has 0 saturated carbocycles. The molecule has 2 aliphatic heterocycles. The van der Waals surface area contributed by atoms with Gasteiger partial charge in [-0.05, 0) is 6.07 Å². The van der Waals surface area contributed by atoms with Crippen molar-refractivity contribution in [1.82, 2.24) is 0 Å². The molecule has 3 rings (SSSR count). The van der Waals surface area contributed by atoms with Gasteiger partial charge in [-0.3, -0.25) is 10.1 Å². The maximum atomic E-state index is 14.3. The van der Waals surface area contributed by atoms with Gasteiger partial charge in [-0.25, -0.2) is 13.8 Å². The molecule has 1 aromatic rings. The molecule has 1 aromatic carbocycles. The second-order valence-corrected chi connectivity index (χ2v) is 5.23. The first-order valence-electron chi connectivity index (χ1n) is 6.58. The number of benzene rings is 1. The van der Waals surface area contributed by atoms with Gasteiger partial charge in [0.1, 0.15) is 24.1 Å². The lowest BCUT2D eigenvalue weighted by molar-refractivity contribution is -0.385. The number of non-ortho nitro benzene ring substituents is 1. The SMILES string of the molecule is NC1=N[C@](CF)(c2cc([N+](=O)[O-])ccc2F)[C@H]2COC[C@H]2O1. The van der Waals surface area contributed by atoms with Crippen molar-refractivity contribution in [2.45, 2.75) is 11.6 Å². The summed E-state index contributed by atoms with van der Waals surface area (Å²) in [6, 6.07) is 2.65. The molecule has 0 unspecified atom stereocenters. The molecule has 22 heavy (non-hydrogen) atoms. The number of nitro groups is 1. The molecule has 0 aromatic heterocycles. The van der Waals surface area contributed by atoms with Crippen LogP contribution >= 0.6 is 0 Å². The van der Waals surface area contributed by atoms with Gasteiger partial charge < -0.3 is 15.2 Å². The third-order valence-electron chi connectivity index (χ3n) is 4.05. The van der Waals surface area contributed by atoms with Crippen molar-refractivity contribution in [2.75, 3.05) is 19.9 Å². The van der Waals surface area contributed by atoms with Crippen LogP contribution in [0.5, 0.6) is 0 Å². The van der Waals surface area contributed by atoms with E-state index in [1.807, 2.05) is 0 Å². The third kappa shape index (κ3) is 2.08. The first kappa shape index (κ1) is 14.6. The van der Waals surface area contributed by atoms with Crippen molar-refractivity contribution in [3.8, 4) is 0 Å². The average molecular weight is 313 g/mol. The molecule has 0 aliphatic carbocycles. The van der Waals surface area contributed by atoms with E-state index in [1.165, 1.54) is 0 Å². The number of hydrogen-bond acceptors (Lipinski definition) is 6. The van der Waals surface area contributed by atoms with Crippen LogP contribution in [-0.4, -0.2) is 36.9 Å². The third-order valence-corrected chi connectivity index (χ3v) is 4.05. The standard InChI is InChI=1S/C13H13F2N3O4/c14-6-13(8-3-7(18(19)20)1-2-10(8)15)9-4-21-5-11(9)22-12(16)17-13/h1-3,9,11H,4-6H2,(H2,16,17)/t9-,11+,13+/m0/s1. The fourth-order valence-electron chi connectivity index (χ4n) is 2.98. The number of fused-ring (bicyclic) bond motifs is 1. The van der Waals surface area contributed by atoms with Crippen LogP contribution in [0.25, 0.3) is 0 Å². The highest BCUT2D eigenvalue weighted by atomic mass is 19.1. The maximum absolute atomic E-state index is 14.3. The number of nitrogens with zero attached hydrogens (tertiary/aromatic N) is 2. The predicted octanol–water partition coefficient (Wildman–Crippen LogP) is 1.26. The molecular formula is C13H13F2N3O4. The van der Waals surface area contributed by atoms with Gasteiger partial charge in [-0.2, -0.15) is 0 Å². The van der Waals surface area contributed by atoms with E-state index in [0.29, 0.717) is 0 Å². The number of alkyl halides is 1. The van der Waals surface area contributed by atoms with Crippen LogP contribution in [0, 0.1) is 21.8 Å². The summed E-state index contributed by atoms with van der Waals surface area (Å²) in [7, 11) is 0. The number of nitrogens with two attached hydrogens (primary N) is 1. The summed E-state index contributed by atoms with van der Waals surface area (Å²) in [5.41, 5.74) is 3.34. The van der Waals surface area contributed by atoms with E-state index in [0.717, 1.165) is 18.2 Å². The lowest BCUT2D eigenvalue weighted by Crippen LogP contribution is -2.50. The van der Waals surface area contributed by atoms with Crippen molar-refractivity contribution in [3.63, 3.8) is 0 Å². The zero-order chi connectivity index (χ0) is 15.9. The fourth-order valence-corrected chi connectivity index (χ4v) is 2.98. The normalized spacial score (nSPS) is 30.4. The molecule has 2 aliphatic rings. The van der Waals surface area contributed by atoms with Gasteiger partial charge in [0.15, 0.2) is 0 Å². The molecule has 0 bridgehead atoms. The van der Waals surface area contributed by atoms with Crippen LogP contribution in [0.15, 0.2) is 23.2 Å². The zero-order valence-electron chi connectivity index (χ0n) is 11.4. The Labute approximate surface area is 123 Å². The Hall–Kier alpha value is -2.29. The molecule has 2 N–H and O–H groups in total. The highest BCUT2D eigenvalue weighted by Crippen LogP contribution is 2.44. The summed E-state index contributed by atoms with van der Waals surface area (Å²) in [6.45, 7) is -0.785. The van der Waals surface area contributed by atoms with Gasteiger partial charge in [0.25, 0.3) is 11.7 Å². The molecule has 3 atom stereocenters. The number of nitro benzene ring substituents is 1. The monoisotopic (exact) mass is 313 g/mol. The molecule has 1 saturated heterocycles.